The van der Waals surface area contributed by atoms with Crippen molar-refractivity contribution in [2.75, 3.05) is 7.11 Å². The molecule has 0 saturated heterocycles. The van der Waals surface area contributed by atoms with E-state index in [1.54, 1.807) is 0 Å². The van der Waals surface area contributed by atoms with E-state index in [4.69, 9.17) is 5.73 Å². The van der Waals surface area contributed by atoms with Crippen LogP contribution in [0.5, 0.6) is 0 Å². The van der Waals surface area contributed by atoms with Gasteiger partial charge in [0.25, 0.3) is 0 Å². The van der Waals surface area contributed by atoms with Gasteiger partial charge in [-0.25, -0.2) is 0 Å². The molecular weight excluding hydrogens is 159 g/mol. The second-order valence-corrected chi connectivity index (χ2v) is 2.42. The summed E-state index contributed by atoms with van der Waals surface area (Å²) in [6, 6.07) is -0.972. The SMILES string of the molecule is COC(C)C(N)CC(F)(F)F. The number of halogens is 3. The first-order chi connectivity index (χ1) is 4.87. The number of alkyl halides is 3. The fraction of sp³-hybridized carbons (Fsp3) is 1.00. The van der Waals surface area contributed by atoms with Gasteiger partial charge in [0, 0.05) is 13.2 Å². The van der Waals surface area contributed by atoms with Crippen molar-refractivity contribution in [3.05, 3.63) is 0 Å². The van der Waals surface area contributed by atoms with Crippen molar-refractivity contribution in [1.29, 1.82) is 0 Å². The second-order valence-electron chi connectivity index (χ2n) is 2.42. The summed E-state index contributed by atoms with van der Waals surface area (Å²) in [6.07, 6.45) is -5.76. The number of nitrogens with two attached hydrogens (primary N) is 1. The van der Waals surface area contributed by atoms with Gasteiger partial charge in [0.05, 0.1) is 12.5 Å². The molecule has 5 heteroatoms. The molecule has 2 nitrogen and oxygen atoms in total. The van der Waals surface area contributed by atoms with Gasteiger partial charge in [-0.2, -0.15) is 13.2 Å². The zero-order chi connectivity index (χ0) is 9.07. The van der Waals surface area contributed by atoms with Crippen LogP contribution < -0.4 is 5.73 Å². The average molecular weight is 171 g/mol. The average Bonchev–Trinajstić information content (AvgIpc) is 1.82. The Morgan fingerprint density at radius 2 is 1.91 bits per heavy atom. The Balaban J connectivity index is 3.77. The number of rotatable bonds is 3. The van der Waals surface area contributed by atoms with Gasteiger partial charge in [0.1, 0.15) is 0 Å². The third-order valence-corrected chi connectivity index (χ3v) is 1.44. The van der Waals surface area contributed by atoms with Crippen molar-refractivity contribution in [2.45, 2.75) is 31.7 Å². The summed E-state index contributed by atoms with van der Waals surface area (Å²) in [5, 5.41) is 0. The van der Waals surface area contributed by atoms with Gasteiger partial charge >= 0.3 is 6.18 Å². The molecule has 0 aliphatic carbocycles. The van der Waals surface area contributed by atoms with E-state index in [0.717, 1.165) is 0 Å². The maximum absolute atomic E-state index is 11.7. The van der Waals surface area contributed by atoms with Gasteiger partial charge in [0.2, 0.25) is 0 Å². The Hall–Kier alpha value is -0.290. The van der Waals surface area contributed by atoms with Crippen molar-refractivity contribution in [3.63, 3.8) is 0 Å². The molecule has 2 atom stereocenters. The topological polar surface area (TPSA) is 35.2 Å². The highest BCUT2D eigenvalue weighted by atomic mass is 19.4. The van der Waals surface area contributed by atoms with Crippen LogP contribution in [0.15, 0.2) is 0 Å². The molecule has 0 aliphatic rings. The predicted octanol–water partition coefficient (Wildman–Crippen LogP) is 1.30. The highest BCUT2D eigenvalue weighted by Crippen LogP contribution is 2.22. The van der Waals surface area contributed by atoms with Gasteiger partial charge in [-0.1, -0.05) is 0 Å². The Morgan fingerprint density at radius 3 is 2.18 bits per heavy atom. The number of hydrogen-bond acceptors (Lipinski definition) is 2. The summed E-state index contributed by atoms with van der Waals surface area (Å²) >= 11 is 0. The molecule has 0 aromatic carbocycles. The molecule has 0 heterocycles. The molecule has 2 N–H and O–H groups in total. The van der Waals surface area contributed by atoms with Crippen molar-refractivity contribution >= 4 is 0 Å². The Morgan fingerprint density at radius 1 is 1.45 bits per heavy atom. The van der Waals surface area contributed by atoms with Gasteiger partial charge < -0.3 is 10.5 Å². The van der Waals surface area contributed by atoms with Crippen LogP contribution in [-0.2, 0) is 4.74 Å². The van der Waals surface area contributed by atoms with Crippen molar-refractivity contribution < 1.29 is 17.9 Å². The smallest absolute Gasteiger partial charge is 0.380 e. The molecule has 0 bridgehead atoms. The monoisotopic (exact) mass is 171 g/mol. The maximum Gasteiger partial charge on any atom is 0.390 e. The van der Waals surface area contributed by atoms with E-state index in [0.29, 0.717) is 0 Å². The molecule has 0 saturated carbocycles. The lowest BCUT2D eigenvalue weighted by molar-refractivity contribution is -0.144. The molecule has 0 aromatic heterocycles. The van der Waals surface area contributed by atoms with Crippen LogP contribution in [0.2, 0.25) is 0 Å². The number of methoxy groups -OCH3 is 1. The van der Waals surface area contributed by atoms with E-state index in [1.807, 2.05) is 0 Å². The molecule has 0 aromatic rings. The minimum absolute atomic E-state index is 0.559. The van der Waals surface area contributed by atoms with Crippen LogP contribution in [0.4, 0.5) is 13.2 Å². The lowest BCUT2D eigenvalue weighted by atomic mass is 10.1. The number of ether oxygens (including phenoxy) is 1. The summed E-state index contributed by atoms with van der Waals surface area (Å²) < 4.78 is 39.6. The highest BCUT2D eigenvalue weighted by molar-refractivity contribution is 4.72. The van der Waals surface area contributed by atoms with E-state index >= 15 is 0 Å². The molecular formula is C6H12F3NO. The van der Waals surface area contributed by atoms with E-state index in [-0.39, 0.29) is 0 Å². The van der Waals surface area contributed by atoms with Crippen LogP contribution in [-0.4, -0.2) is 25.4 Å². The highest BCUT2D eigenvalue weighted by Gasteiger charge is 2.32. The number of hydrogen-bond donors (Lipinski definition) is 1. The molecule has 0 spiro atoms. The molecule has 0 amide bonds. The zero-order valence-corrected chi connectivity index (χ0v) is 6.48. The summed E-state index contributed by atoms with van der Waals surface area (Å²) in [4.78, 5) is 0. The minimum atomic E-state index is -4.20. The van der Waals surface area contributed by atoms with Gasteiger partial charge in [-0.15, -0.1) is 0 Å². The zero-order valence-electron chi connectivity index (χ0n) is 6.48. The third-order valence-electron chi connectivity index (χ3n) is 1.44. The fourth-order valence-electron chi connectivity index (χ4n) is 0.608. The van der Waals surface area contributed by atoms with Crippen LogP contribution in [0.3, 0.4) is 0 Å². The molecule has 0 aliphatic heterocycles. The molecule has 0 rings (SSSR count). The van der Waals surface area contributed by atoms with Crippen LogP contribution in [0.25, 0.3) is 0 Å². The van der Waals surface area contributed by atoms with Gasteiger partial charge in [-0.05, 0) is 6.92 Å². The Kier molecular flexibility index (Phi) is 3.82. The summed E-state index contributed by atoms with van der Waals surface area (Å²) in [6.45, 7) is 1.51. The van der Waals surface area contributed by atoms with Crippen molar-refractivity contribution in [2.24, 2.45) is 5.73 Å². The van der Waals surface area contributed by atoms with Gasteiger partial charge in [0.15, 0.2) is 0 Å². The van der Waals surface area contributed by atoms with Crippen LogP contribution in [0, 0.1) is 0 Å². The lowest BCUT2D eigenvalue weighted by Gasteiger charge is -2.19. The molecule has 0 fully saturated rings. The first-order valence-corrected chi connectivity index (χ1v) is 3.22. The fourth-order valence-corrected chi connectivity index (χ4v) is 0.608. The van der Waals surface area contributed by atoms with E-state index in [1.165, 1.54) is 14.0 Å². The molecule has 0 radical (unpaired) electrons. The summed E-state index contributed by atoms with van der Waals surface area (Å²) in [5.41, 5.74) is 5.17. The first kappa shape index (κ1) is 10.7. The second kappa shape index (κ2) is 3.92. The van der Waals surface area contributed by atoms with E-state index < -0.39 is 24.7 Å². The first-order valence-electron chi connectivity index (χ1n) is 3.22. The maximum atomic E-state index is 11.7. The van der Waals surface area contributed by atoms with Crippen LogP contribution in [0.1, 0.15) is 13.3 Å². The molecule has 11 heavy (non-hydrogen) atoms. The predicted molar refractivity (Wildman–Crippen MR) is 35.1 cm³/mol. The normalized spacial score (nSPS) is 18.0. The molecule has 68 valence electrons. The summed E-state index contributed by atoms with van der Waals surface area (Å²) in [7, 11) is 1.33. The standard InChI is InChI=1S/C6H12F3NO/c1-4(11-2)5(10)3-6(7,8)9/h4-5H,3,10H2,1-2H3. The van der Waals surface area contributed by atoms with E-state index in [9.17, 15) is 13.2 Å². The van der Waals surface area contributed by atoms with Gasteiger partial charge in [-0.3, -0.25) is 0 Å². The van der Waals surface area contributed by atoms with E-state index in [2.05, 4.69) is 4.74 Å². The Labute approximate surface area is 63.5 Å². The van der Waals surface area contributed by atoms with Crippen molar-refractivity contribution in [3.8, 4) is 0 Å². The van der Waals surface area contributed by atoms with Crippen LogP contribution >= 0.6 is 0 Å². The Bertz CT molecular complexity index is 115. The third kappa shape index (κ3) is 5.03. The van der Waals surface area contributed by atoms with Crippen molar-refractivity contribution in [1.82, 2.24) is 0 Å². The molecule has 2 unspecified atom stereocenters. The quantitative estimate of drug-likeness (QED) is 0.694. The minimum Gasteiger partial charge on any atom is -0.380 e. The summed E-state index contributed by atoms with van der Waals surface area (Å²) in [5.74, 6) is 0. The lowest BCUT2D eigenvalue weighted by Crippen LogP contribution is -2.37. The largest absolute Gasteiger partial charge is 0.390 e.